The fourth-order valence-electron chi connectivity index (χ4n) is 3.61. The SMILES string of the molecule is C=C1NC(=O)NC(C(=O)N[C@H](C)c2cccc(-c3cnn(Cc4cccc(C#N)c4)c3)c2)=C1N. The van der Waals surface area contributed by atoms with E-state index in [4.69, 9.17) is 11.0 Å². The van der Waals surface area contributed by atoms with Gasteiger partial charge in [0.2, 0.25) is 0 Å². The number of aromatic nitrogens is 2. The number of nitriles is 1. The number of benzene rings is 2. The molecule has 2 heterocycles. The first-order valence-corrected chi connectivity index (χ1v) is 10.5. The number of nitrogens with one attached hydrogen (secondary N) is 3. The Labute approximate surface area is 196 Å². The molecule has 0 saturated carbocycles. The zero-order valence-electron chi connectivity index (χ0n) is 18.5. The van der Waals surface area contributed by atoms with Gasteiger partial charge in [-0.1, -0.05) is 36.9 Å². The zero-order chi connectivity index (χ0) is 24.2. The fourth-order valence-corrected chi connectivity index (χ4v) is 3.61. The highest BCUT2D eigenvalue weighted by molar-refractivity contribution is 6.00. The molecule has 0 aliphatic carbocycles. The number of amides is 3. The molecule has 0 unspecified atom stereocenters. The van der Waals surface area contributed by atoms with Crippen molar-refractivity contribution in [3.8, 4) is 17.2 Å². The molecule has 1 aliphatic heterocycles. The summed E-state index contributed by atoms with van der Waals surface area (Å²) in [5.74, 6) is -0.501. The smallest absolute Gasteiger partial charge is 0.323 e. The molecule has 170 valence electrons. The molecule has 1 atom stereocenters. The number of rotatable bonds is 6. The van der Waals surface area contributed by atoms with Gasteiger partial charge in [0.15, 0.2) is 0 Å². The summed E-state index contributed by atoms with van der Waals surface area (Å²) in [5.41, 5.74) is 10.5. The molecular weight excluding hydrogens is 430 g/mol. The van der Waals surface area contributed by atoms with E-state index in [1.807, 2.05) is 60.3 Å². The van der Waals surface area contributed by atoms with Crippen LogP contribution in [0.15, 0.2) is 84.6 Å². The molecular formula is C25H23N7O2. The standard InChI is InChI=1S/C25H23N7O2/c1-15(29-24(33)23-22(27)16(2)30-25(34)31-23)19-7-4-8-20(10-19)21-12-28-32(14-21)13-18-6-3-5-17(9-18)11-26/h3-10,12,14-15H,2,13,27H2,1H3,(H,29,33)(H2,30,31,34)/t15-/m1/s1. The zero-order valence-corrected chi connectivity index (χ0v) is 18.5. The van der Waals surface area contributed by atoms with Crippen molar-refractivity contribution in [1.82, 2.24) is 25.7 Å². The highest BCUT2D eigenvalue weighted by Gasteiger charge is 2.25. The van der Waals surface area contributed by atoms with Gasteiger partial charge in [0.1, 0.15) is 5.70 Å². The minimum atomic E-state index is -0.560. The predicted molar refractivity (Wildman–Crippen MR) is 127 cm³/mol. The summed E-state index contributed by atoms with van der Waals surface area (Å²) in [5, 5.41) is 21.2. The second-order valence-corrected chi connectivity index (χ2v) is 7.91. The maximum Gasteiger partial charge on any atom is 0.323 e. The van der Waals surface area contributed by atoms with Gasteiger partial charge in [0, 0.05) is 11.8 Å². The molecule has 0 fully saturated rings. The van der Waals surface area contributed by atoms with Crippen LogP contribution in [0.4, 0.5) is 4.79 Å². The lowest BCUT2D eigenvalue weighted by Gasteiger charge is -2.22. The van der Waals surface area contributed by atoms with Crippen LogP contribution in [-0.4, -0.2) is 21.7 Å². The first-order valence-electron chi connectivity index (χ1n) is 10.5. The van der Waals surface area contributed by atoms with Gasteiger partial charge in [-0.3, -0.25) is 9.48 Å². The Bertz CT molecular complexity index is 1360. The van der Waals surface area contributed by atoms with Crippen molar-refractivity contribution in [2.45, 2.75) is 19.5 Å². The third-order valence-corrected chi connectivity index (χ3v) is 5.43. The average molecular weight is 454 g/mol. The lowest BCUT2D eigenvalue weighted by Crippen LogP contribution is -2.47. The number of nitrogens with two attached hydrogens (primary N) is 1. The van der Waals surface area contributed by atoms with Gasteiger partial charge >= 0.3 is 6.03 Å². The lowest BCUT2D eigenvalue weighted by atomic mass is 10.0. The quantitative estimate of drug-likeness (QED) is 0.455. The molecule has 0 spiro atoms. The topological polar surface area (TPSA) is 138 Å². The highest BCUT2D eigenvalue weighted by atomic mass is 16.2. The second kappa shape index (κ2) is 9.34. The monoisotopic (exact) mass is 453 g/mol. The number of carbonyl (C=O) groups is 2. The van der Waals surface area contributed by atoms with Crippen LogP contribution in [0.2, 0.25) is 0 Å². The van der Waals surface area contributed by atoms with E-state index in [9.17, 15) is 9.59 Å². The molecule has 0 radical (unpaired) electrons. The van der Waals surface area contributed by atoms with Crippen molar-refractivity contribution in [3.63, 3.8) is 0 Å². The first kappa shape index (κ1) is 22.4. The van der Waals surface area contributed by atoms with Gasteiger partial charge in [0.05, 0.1) is 41.8 Å². The molecule has 0 bridgehead atoms. The van der Waals surface area contributed by atoms with Crippen LogP contribution in [0.3, 0.4) is 0 Å². The first-order chi connectivity index (χ1) is 16.3. The maximum absolute atomic E-state index is 12.7. The molecule has 5 N–H and O–H groups in total. The van der Waals surface area contributed by atoms with E-state index < -0.39 is 11.9 Å². The number of hydrogen-bond donors (Lipinski definition) is 4. The molecule has 3 amide bonds. The Kier molecular flexibility index (Phi) is 6.14. The molecule has 0 saturated heterocycles. The van der Waals surface area contributed by atoms with Crippen molar-refractivity contribution in [3.05, 3.63) is 101 Å². The average Bonchev–Trinajstić information content (AvgIpc) is 3.30. The lowest BCUT2D eigenvalue weighted by molar-refractivity contribution is -0.118. The summed E-state index contributed by atoms with van der Waals surface area (Å²) in [4.78, 5) is 24.4. The van der Waals surface area contributed by atoms with E-state index in [2.05, 4.69) is 33.7 Å². The Morgan fingerprint density at radius 3 is 2.82 bits per heavy atom. The van der Waals surface area contributed by atoms with Crippen molar-refractivity contribution >= 4 is 11.9 Å². The van der Waals surface area contributed by atoms with Gasteiger partial charge in [-0.05, 0) is 41.8 Å². The van der Waals surface area contributed by atoms with Crippen LogP contribution in [0, 0.1) is 11.3 Å². The summed E-state index contributed by atoms with van der Waals surface area (Å²) in [6.45, 7) is 6.03. The van der Waals surface area contributed by atoms with E-state index in [0.29, 0.717) is 12.1 Å². The molecule has 1 aliphatic rings. The number of nitrogens with zero attached hydrogens (tertiary/aromatic N) is 3. The van der Waals surface area contributed by atoms with Gasteiger partial charge in [-0.15, -0.1) is 0 Å². The predicted octanol–water partition coefficient (Wildman–Crippen LogP) is 2.64. The van der Waals surface area contributed by atoms with Gasteiger partial charge < -0.3 is 21.7 Å². The van der Waals surface area contributed by atoms with E-state index in [0.717, 1.165) is 22.3 Å². The Balaban J connectivity index is 1.48. The van der Waals surface area contributed by atoms with E-state index >= 15 is 0 Å². The molecule has 34 heavy (non-hydrogen) atoms. The Morgan fingerprint density at radius 1 is 1.24 bits per heavy atom. The van der Waals surface area contributed by atoms with Crippen LogP contribution in [0.1, 0.15) is 29.7 Å². The van der Waals surface area contributed by atoms with Crippen molar-refractivity contribution in [2.24, 2.45) is 5.73 Å². The molecule has 2 aromatic carbocycles. The molecule has 4 rings (SSSR count). The summed E-state index contributed by atoms with van der Waals surface area (Å²) >= 11 is 0. The third kappa shape index (κ3) is 4.81. The van der Waals surface area contributed by atoms with Crippen LogP contribution < -0.4 is 21.7 Å². The van der Waals surface area contributed by atoms with Crippen LogP contribution in [0.5, 0.6) is 0 Å². The molecule has 1 aromatic heterocycles. The summed E-state index contributed by atoms with van der Waals surface area (Å²) in [6.07, 6.45) is 3.71. The summed E-state index contributed by atoms with van der Waals surface area (Å²) < 4.78 is 1.81. The Hall–Kier alpha value is -4.84. The van der Waals surface area contributed by atoms with Gasteiger partial charge in [-0.2, -0.15) is 10.4 Å². The minimum Gasteiger partial charge on any atom is -0.395 e. The molecule has 9 heteroatoms. The van der Waals surface area contributed by atoms with Crippen molar-refractivity contribution in [2.75, 3.05) is 0 Å². The normalized spacial score (nSPS) is 14.1. The summed E-state index contributed by atoms with van der Waals surface area (Å²) in [7, 11) is 0. The number of urea groups is 1. The molecule has 9 nitrogen and oxygen atoms in total. The maximum atomic E-state index is 12.7. The number of hydrogen-bond acceptors (Lipinski definition) is 5. The van der Waals surface area contributed by atoms with Crippen LogP contribution >= 0.6 is 0 Å². The summed E-state index contributed by atoms with van der Waals surface area (Å²) in [6, 6.07) is 16.4. The van der Waals surface area contributed by atoms with Crippen LogP contribution in [0.25, 0.3) is 11.1 Å². The Morgan fingerprint density at radius 2 is 2.03 bits per heavy atom. The van der Waals surface area contributed by atoms with Gasteiger partial charge in [0.25, 0.3) is 5.91 Å². The van der Waals surface area contributed by atoms with Crippen LogP contribution in [-0.2, 0) is 11.3 Å². The second-order valence-electron chi connectivity index (χ2n) is 7.91. The largest absolute Gasteiger partial charge is 0.395 e. The van der Waals surface area contributed by atoms with E-state index in [1.54, 1.807) is 12.3 Å². The van der Waals surface area contributed by atoms with Crippen molar-refractivity contribution in [1.29, 1.82) is 5.26 Å². The fraction of sp³-hybridized carbons (Fsp3) is 0.120. The molecule has 3 aromatic rings. The van der Waals surface area contributed by atoms with E-state index in [1.165, 1.54) is 0 Å². The van der Waals surface area contributed by atoms with Crippen molar-refractivity contribution < 1.29 is 9.59 Å². The minimum absolute atomic E-state index is 0.0292. The third-order valence-electron chi connectivity index (χ3n) is 5.43. The number of carbonyl (C=O) groups excluding carboxylic acids is 2. The van der Waals surface area contributed by atoms with Gasteiger partial charge in [-0.25, -0.2) is 4.79 Å². The van der Waals surface area contributed by atoms with E-state index in [-0.39, 0.29) is 23.1 Å². The highest BCUT2D eigenvalue weighted by Crippen LogP contribution is 2.24.